The third kappa shape index (κ3) is 2.60. The van der Waals surface area contributed by atoms with Crippen LogP contribution in [-0.4, -0.2) is 37.0 Å². The summed E-state index contributed by atoms with van der Waals surface area (Å²) in [6, 6.07) is 4.04. The SMILES string of the molecule is NCC1(C(=O)NCC(c2ccco2)N2CCCC2)CC1. The second-order valence-corrected chi connectivity index (χ2v) is 5.97. The molecule has 1 unspecified atom stereocenters. The maximum atomic E-state index is 12.2. The molecule has 1 amide bonds. The first-order valence-corrected chi connectivity index (χ1v) is 7.51. The average Bonchev–Trinajstić information content (AvgIpc) is 2.89. The van der Waals surface area contributed by atoms with Crippen LogP contribution < -0.4 is 11.1 Å². The van der Waals surface area contributed by atoms with Crippen LogP contribution >= 0.6 is 0 Å². The number of nitrogens with one attached hydrogen (secondary N) is 1. The zero-order valence-corrected chi connectivity index (χ0v) is 11.8. The zero-order valence-electron chi connectivity index (χ0n) is 11.8. The van der Waals surface area contributed by atoms with Gasteiger partial charge in [0.05, 0.1) is 17.7 Å². The molecule has 1 aliphatic carbocycles. The second-order valence-electron chi connectivity index (χ2n) is 5.97. The predicted octanol–water partition coefficient (Wildman–Crippen LogP) is 1.27. The number of rotatable bonds is 6. The molecular weight excluding hydrogens is 254 g/mol. The highest BCUT2D eigenvalue weighted by molar-refractivity contribution is 5.85. The van der Waals surface area contributed by atoms with Crippen molar-refractivity contribution in [1.29, 1.82) is 0 Å². The molecule has 0 spiro atoms. The summed E-state index contributed by atoms with van der Waals surface area (Å²) in [7, 11) is 0. The first-order valence-electron chi connectivity index (χ1n) is 7.51. The molecule has 1 saturated heterocycles. The van der Waals surface area contributed by atoms with Crippen LogP contribution in [0.25, 0.3) is 0 Å². The van der Waals surface area contributed by atoms with Crippen molar-refractivity contribution in [2.75, 3.05) is 26.2 Å². The van der Waals surface area contributed by atoms with Gasteiger partial charge < -0.3 is 15.5 Å². The normalized spacial score (nSPS) is 22.6. The monoisotopic (exact) mass is 277 g/mol. The van der Waals surface area contributed by atoms with Crippen LogP contribution in [-0.2, 0) is 4.79 Å². The highest BCUT2D eigenvalue weighted by Crippen LogP contribution is 2.44. The molecule has 0 bridgehead atoms. The summed E-state index contributed by atoms with van der Waals surface area (Å²) in [6.45, 7) is 3.20. The fourth-order valence-corrected chi connectivity index (χ4v) is 3.00. The minimum absolute atomic E-state index is 0.107. The molecule has 3 rings (SSSR count). The van der Waals surface area contributed by atoms with Gasteiger partial charge >= 0.3 is 0 Å². The molecule has 2 fully saturated rings. The summed E-state index contributed by atoms with van der Waals surface area (Å²) in [5.74, 6) is 1.04. The summed E-state index contributed by atoms with van der Waals surface area (Å²) in [4.78, 5) is 14.6. The molecule has 0 aromatic carbocycles. The van der Waals surface area contributed by atoms with Gasteiger partial charge in [-0.05, 0) is 50.9 Å². The van der Waals surface area contributed by atoms with Gasteiger partial charge in [-0.25, -0.2) is 0 Å². The van der Waals surface area contributed by atoms with Crippen molar-refractivity contribution < 1.29 is 9.21 Å². The molecular formula is C15H23N3O2. The maximum absolute atomic E-state index is 12.2. The van der Waals surface area contributed by atoms with E-state index in [-0.39, 0.29) is 17.4 Å². The van der Waals surface area contributed by atoms with Crippen LogP contribution in [0.4, 0.5) is 0 Å². The Morgan fingerprint density at radius 1 is 1.45 bits per heavy atom. The summed E-state index contributed by atoms with van der Waals surface area (Å²) >= 11 is 0. The number of hydrogen-bond acceptors (Lipinski definition) is 4. The van der Waals surface area contributed by atoms with E-state index in [0.717, 1.165) is 31.7 Å². The number of likely N-dealkylation sites (tertiary alicyclic amines) is 1. The molecule has 1 atom stereocenters. The molecule has 20 heavy (non-hydrogen) atoms. The van der Waals surface area contributed by atoms with Gasteiger partial charge in [0.1, 0.15) is 5.76 Å². The standard InChI is InChI=1S/C15H23N3O2/c16-11-15(5-6-15)14(19)17-10-12(13-4-3-9-20-13)18-7-1-2-8-18/h3-4,9,12H,1-2,5-8,10-11,16H2,(H,17,19). The summed E-state index contributed by atoms with van der Waals surface area (Å²) in [6.07, 6.45) is 5.98. The van der Waals surface area contributed by atoms with Crippen molar-refractivity contribution in [1.82, 2.24) is 10.2 Å². The minimum Gasteiger partial charge on any atom is -0.468 e. The van der Waals surface area contributed by atoms with Crippen molar-refractivity contribution in [3.05, 3.63) is 24.2 Å². The summed E-state index contributed by atoms with van der Waals surface area (Å²) < 4.78 is 5.55. The van der Waals surface area contributed by atoms with Crippen molar-refractivity contribution in [3.8, 4) is 0 Å². The molecule has 5 nitrogen and oxygen atoms in total. The van der Waals surface area contributed by atoms with E-state index in [1.54, 1.807) is 6.26 Å². The van der Waals surface area contributed by atoms with Gasteiger partial charge in [-0.15, -0.1) is 0 Å². The van der Waals surface area contributed by atoms with E-state index in [2.05, 4.69) is 10.2 Å². The number of furan rings is 1. The van der Waals surface area contributed by atoms with Gasteiger partial charge in [0.15, 0.2) is 0 Å². The van der Waals surface area contributed by atoms with Crippen molar-refractivity contribution in [2.24, 2.45) is 11.1 Å². The second kappa shape index (κ2) is 5.58. The average molecular weight is 277 g/mol. The Kier molecular flexibility index (Phi) is 3.81. The molecule has 0 radical (unpaired) electrons. The predicted molar refractivity (Wildman–Crippen MR) is 76.0 cm³/mol. The van der Waals surface area contributed by atoms with E-state index in [9.17, 15) is 4.79 Å². The van der Waals surface area contributed by atoms with Crippen LogP contribution in [0, 0.1) is 5.41 Å². The quantitative estimate of drug-likeness (QED) is 0.821. The van der Waals surface area contributed by atoms with Crippen molar-refractivity contribution in [2.45, 2.75) is 31.7 Å². The maximum Gasteiger partial charge on any atom is 0.227 e. The lowest BCUT2D eigenvalue weighted by molar-refractivity contribution is -0.126. The van der Waals surface area contributed by atoms with E-state index < -0.39 is 0 Å². The van der Waals surface area contributed by atoms with Gasteiger partial charge in [0.25, 0.3) is 0 Å². The van der Waals surface area contributed by atoms with Gasteiger partial charge in [-0.3, -0.25) is 9.69 Å². The third-order valence-corrected chi connectivity index (χ3v) is 4.63. The molecule has 1 saturated carbocycles. The molecule has 2 aliphatic rings. The first-order chi connectivity index (χ1) is 9.75. The van der Waals surface area contributed by atoms with Gasteiger partial charge in [-0.1, -0.05) is 0 Å². The largest absolute Gasteiger partial charge is 0.468 e. The highest BCUT2D eigenvalue weighted by atomic mass is 16.3. The Balaban J connectivity index is 1.63. The van der Waals surface area contributed by atoms with Crippen LogP contribution in [0.2, 0.25) is 0 Å². The number of hydrogen-bond donors (Lipinski definition) is 2. The van der Waals surface area contributed by atoms with Gasteiger partial charge in [0, 0.05) is 13.1 Å². The lowest BCUT2D eigenvalue weighted by Gasteiger charge is -2.26. The number of amides is 1. The number of carbonyl (C=O) groups excluding carboxylic acids is 1. The van der Waals surface area contributed by atoms with E-state index >= 15 is 0 Å². The summed E-state index contributed by atoms with van der Waals surface area (Å²) in [5.41, 5.74) is 5.42. The van der Waals surface area contributed by atoms with Crippen LogP contribution in [0.1, 0.15) is 37.5 Å². The number of nitrogens with zero attached hydrogens (tertiary/aromatic N) is 1. The molecule has 3 N–H and O–H groups in total. The lowest BCUT2D eigenvalue weighted by Crippen LogP contribution is -2.41. The Hall–Kier alpha value is -1.33. The number of carbonyl (C=O) groups is 1. The first kappa shape index (κ1) is 13.6. The number of nitrogens with two attached hydrogens (primary N) is 1. The lowest BCUT2D eigenvalue weighted by atomic mass is 10.1. The van der Waals surface area contributed by atoms with Gasteiger partial charge in [0.2, 0.25) is 5.91 Å². The molecule has 5 heteroatoms. The Labute approximate surface area is 119 Å². The van der Waals surface area contributed by atoms with E-state index in [0.29, 0.717) is 13.1 Å². The summed E-state index contributed by atoms with van der Waals surface area (Å²) in [5, 5.41) is 3.08. The van der Waals surface area contributed by atoms with Crippen molar-refractivity contribution >= 4 is 5.91 Å². The van der Waals surface area contributed by atoms with Crippen LogP contribution in [0.5, 0.6) is 0 Å². The zero-order chi connectivity index (χ0) is 14.0. The molecule has 1 aromatic heterocycles. The van der Waals surface area contributed by atoms with Gasteiger partial charge in [-0.2, -0.15) is 0 Å². The van der Waals surface area contributed by atoms with E-state index in [1.807, 2.05) is 12.1 Å². The van der Waals surface area contributed by atoms with E-state index in [4.69, 9.17) is 10.2 Å². The molecule has 1 aromatic rings. The third-order valence-electron chi connectivity index (χ3n) is 4.63. The minimum atomic E-state index is -0.279. The Morgan fingerprint density at radius 2 is 2.20 bits per heavy atom. The Bertz CT molecular complexity index is 448. The fraction of sp³-hybridized carbons (Fsp3) is 0.667. The van der Waals surface area contributed by atoms with Crippen LogP contribution in [0.15, 0.2) is 22.8 Å². The molecule has 110 valence electrons. The van der Waals surface area contributed by atoms with Crippen molar-refractivity contribution in [3.63, 3.8) is 0 Å². The smallest absolute Gasteiger partial charge is 0.227 e. The molecule has 2 heterocycles. The fourth-order valence-electron chi connectivity index (χ4n) is 3.00. The topological polar surface area (TPSA) is 71.5 Å². The van der Waals surface area contributed by atoms with E-state index in [1.165, 1.54) is 12.8 Å². The Morgan fingerprint density at radius 3 is 2.75 bits per heavy atom. The molecule has 1 aliphatic heterocycles. The highest BCUT2D eigenvalue weighted by Gasteiger charge is 2.48. The van der Waals surface area contributed by atoms with Crippen LogP contribution in [0.3, 0.4) is 0 Å².